The topological polar surface area (TPSA) is 37.4 Å². The summed E-state index contributed by atoms with van der Waals surface area (Å²) in [5.74, 6) is 1.16. The summed E-state index contributed by atoms with van der Waals surface area (Å²) < 4.78 is 26.5. The first-order valence-corrected chi connectivity index (χ1v) is 9.17. The molecule has 1 fully saturated rings. The van der Waals surface area contributed by atoms with Crippen molar-refractivity contribution in [3.63, 3.8) is 0 Å². The van der Waals surface area contributed by atoms with Crippen LogP contribution in [-0.4, -0.2) is 36.9 Å². The lowest BCUT2D eigenvalue weighted by atomic mass is 10.1. The van der Waals surface area contributed by atoms with Crippen LogP contribution in [0.4, 0.5) is 0 Å². The van der Waals surface area contributed by atoms with Gasteiger partial charge in [-0.15, -0.1) is 11.6 Å². The molecule has 0 saturated heterocycles. The van der Waals surface area contributed by atoms with Crippen LogP contribution < -0.4 is 0 Å². The van der Waals surface area contributed by atoms with Gasteiger partial charge in [0, 0.05) is 18.5 Å². The van der Waals surface area contributed by atoms with Gasteiger partial charge in [0.25, 0.3) is 0 Å². The summed E-state index contributed by atoms with van der Waals surface area (Å²) in [7, 11) is -3.11. The fourth-order valence-electron chi connectivity index (χ4n) is 2.48. The highest BCUT2D eigenvalue weighted by Gasteiger charge is 2.31. The van der Waals surface area contributed by atoms with Crippen molar-refractivity contribution in [1.82, 2.24) is 4.31 Å². The molecule has 0 heterocycles. The van der Waals surface area contributed by atoms with E-state index in [4.69, 9.17) is 11.6 Å². The van der Waals surface area contributed by atoms with E-state index in [0.29, 0.717) is 24.8 Å². The lowest BCUT2D eigenvalue weighted by molar-refractivity contribution is 0.304. The van der Waals surface area contributed by atoms with Crippen molar-refractivity contribution in [3.05, 3.63) is 0 Å². The lowest BCUT2D eigenvalue weighted by Crippen LogP contribution is -2.41. The molecule has 0 bridgehead atoms. The molecule has 0 aliphatic heterocycles. The van der Waals surface area contributed by atoms with Gasteiger partial charge in [-0.05, 0) is 31.6 Å². The fraction of sp³-hybridized carbons (Fsp3) is 1.00. The van der Waals surface area contributed by atoms with Gasteiger partial charge in [0.2, 0.25) is 10.0 Å². The normalized spacial score (nSPS) is 18.1. The first kappa shape index (κ1) is 16.3. The van der Waals surface area contributed by atoms with E-state index >= 15 is 0 Å². The van der Waals surface area contributed by atoms with Crippen LogP contribution in [0.15, 0.2) is 0 Å². The van der Waals surface area contributed by atoms with E-state index in [-0.39, 0.29) is 11.8 Å². The molecule has 0 aromatic rings. The summed E-state index contributed by atoms with van der Waals surface area (Å²) >= 11 is 5.62. The Bertz CT molecular complexity index is 324. The summed E-state index contributed by atoms with van der Waals surface area (Å²) in [6, 6.07) is 0.240. The van der Waals surface area contributed by atoms with Crippen molar-refractivity contribution in [2.45, 2.75) is 58.4 Å². The second-order valence-corrected chi connectivity index (χ2v) is 8.01. The molecule has 0 radical (unpaired) electrons. The maximum atomic E-state index is 12.4. The summed E-state index contributed by atoms with van der Waals surface area (Å²) in [6.45, 7) is 4.95. The van der Waals surface area contributed by atoms with Crippen LogP contribution in [0.1, 0.15) is 52.4 Å². The van der Waals surface area contributed by atoms with Gasteiger partial charge >= 0.3 is 0 Å². The van der Waals surface area contributed by atoms with Crippen LogP contribution >= 0.6 is 11.6 Å². The quantitative estimate of drug-likeness (QED) is 0.645. The van der Waals surface area contributed by atoms with Crippen LogP contribution in [0.5, 0.6) is 0 Å². The zero-order valence-electron chi connectivity index (χ0n) is 11.6. The first-order chi connectivity index (χ1) is 8.47. The zero-order valence-corrected chi connectivity index (χ0v) is 13.1. The Morgan fingerprint density at radius 3 is 2.39 bits per heavy atom. The van der Waals surface area contributed by atoms with Gasteiger partial charge in [-0.25, -0.2) is 8.42 Å². The average molecular weight is 296 g/mol. The van der Waals surface area contributed by atoms with Gasteiger partial charge < -0.3 is 0 Å². The maximum Gasteiger partial charge on any atom is 0.214 e. The zero-order chi connectivity index (χ0) is 13.6. The minimum atomic E-state index is -3.11. The highest BCUT2D eigenvalue weighted by atomic mass is 35.5. The molecule has 18 heavy (non-hydrogen) atoms. The largest absolute Gasteiger partial charge is 0.214 e. The Morgan fingerprint density at radius 2 is 1.89 bits per heavy atom. The highest BCUT2D eigenvalue weighted by molar-refractivity contribution is 7.89. The summed E-state index contributed by atoms with van der Waals surface area (Å²) in [5.41, 5.74) is 0. The fourth-order valence-corrected chi connectivity index (χ4v) is 4.57. The van der Waals surface area contributed by atoms with E-state index in [2.05, 4.69) is 13.8 Å². The molecular formula is C13H26ClNO2S. The SMILES string of the molecule is CC(C)CCN(C1CCCC1)S(=O)(=O)CCCCl. The number of alkyl halides is 1. The third-order valence-electron chi connectivity index (χ3n) is 3.55. The van der Waals surface area contributed by atoms with E-state index < -0.39 is 10.0 Å². The van der Waals surface area contributed by atoms with E-state index in [9.17, 15) is 8.42 Å². The van der Waals surface area contributed by atoms with Crippen molar-refractivity contribution in [2.75, 3.05) is 18.2 Å². The number of rotatable bonds is 8. The van der Waals surface area contributed by atoms with Crippen LogP contribution in [0.25, 0.3) is 0 Å². The molecule has 3 nitrogen and oxygen atoms in total. The van der Waals surface area contributed by atoms with Crippen molar-refractivity contribution >= 4 is 21.6 Å². The molecule has 0 N–H and O–H groups in total. The van der Waals surface area contributed by atoms with E-state index in [0.717, 1.165) is 32.1 Å². The Labute approximate surface area is 117 Å². The number of hydrogen-bond acceptors (Lipinski definition) is 2. The molecule has 0 spiro atoms. The highest BCUT2D eigenvalue weighted by Crippen LogP contribution is 2.26. The van der Waals surface area contributed by atoms with Crippen molar-refractivity contribution in [3.8, 4) is 0 Å². The molecule has 1 aliphatic rings. The molecule has 0 aromatic carbocycles. The molecule has 1 aliphatic carbocycles. The van der Waals surface area contributed by atoms with Gasteiger partial charge in [-0.1, -0.05) is 26.7 Å². The second kappa shape index (κ2) is 7.71. The first-order valence-electron chi connectivity index (χ1n) is 7.03. The van der Waals surface area contributed by atoms with Crippen LogP contribution in [0, 0.1) is 5.92 Å². The predicted molar refractivity (Wildman–Crippen MR) is 77.5 cm³/mol. The molecule has 108 valence electrons. The standard InChI is InChI=1S/C13H26ClNO2S/c1-12(2)8-10-15(13-6-3-4-7-13)18(16,17)11-5-9-14/h12-13H,3-11H2,1-2H3. The van der Waals surface area contributed by atoms with Crippen LogP contribution in [-0.2, 0) is 10.0 Å². The van der Waals surface area contributed by atoms with Gasteiger partial charge in [0.1, 0.15) is 0 Å². The lowest BCUT2D eigenvalue weighted by Gasteiger charge is -2.28. The molecular weight excluding hydrogens is 270 g/mol. The van der Waals surface area contributed by atoms with Gasteiger partial charge in [0.05, 0.1) is 5.75 Å². The Hall–Kier alpha value is 0.200. The van der Waals surface area contributed by atoms with Gasteiger partial charge in [-0.3, -0.25) is 0 Å². The van der Waals surface area contributed by atoms with E-state index in [1.807, 2.05) is 0 Å². The smallest absolute Gasteiger partial charge is 0.212 e. The number of sulfonamides is 1. The second-order valence-electron chi connectivity index (χ2n) is 5.59. The molecule has 0 unspecified atom stereocenters. The van der Waals surface area contributed by atoms with Gasteiger partial charge in [-0.2, -0.15) is 4.31 Å². The van der Waals surface area contributed by atoms with E-state index in [1.165, 1.54) is 0 Å². The minimum Gasteiger partial charge on any atom is -0.212 e. The van der Waals surface area contributed by atoms with Crippen molar-refractivity contribution in [2.24, 2.45) is 5.92 Å². The summed E-state index contributed by atoms with van der Waals surface area (Å²) in [5, 5.41) is 0. The third kappa shape index (κ3) is 5.06. The molecule has 1 rings (SSSR count). The number of halogens is 1. The molecule has 1 saturated carbocycles. The molecule has 0 atom stereocenters. The van der Waals surface area contributed by atoms with Crippen LogP contribution in [0.3, 0.4) is 0 Å². The molecule has 0 aromatic heterocycles. The Kier molecular flexibility index (Phi) is 6.96. The predicted octanol–water partition coefficient (Wildman–Crippen LogP) is 3.24. The van der Waals surface area contributed by atoms with Gasteiger partial charge in [0.15, 0.2) is 0 Å². The summed E-state index contributed by atoms with van der Waals surface area (Å²) in [6.07, 6.45) is 5.86. The minimum absolute atomic E-state index is 0.199. The van der Waals surface area contributed by atoms with E-state index in [1.54, 1.807) is 4.31 Å². The maximum absolute atomic E-state index is 12.4. The Balaban J connectivity index is 2.68. The summed E-state index contributed by atoms with van der Waals surface area (Å²) in [4.78, 5) is 0. The monoisotopic (exact) mass is 295 g/mol. The van der Waals surface area contributed by atoms with Crippen molar-refractivity contribution in [1.29, 1.82) is 0 Å². The molecule has 0 amide bonds. The number of nitrogens with zero attached hydrogens (tertiary/aromatic N) is 1. The molecule has 5 heteroatoms. The average Bonchev–Trinajstić information content (AvgIpc) is 2.79. The van der Waals surface area contributed by atoms with Crippen LogP contribution in [0.2, 0.25) is 0 Å². The van der Waals surface area contributed by atoms with Crippen molar-refractivity contribution < 1.29 is 8.42 Å². The number of hydrogen-bond donors (Lipinski definition) is 0. The Morgan fingerprint density at radius 1 is 1.28 bits per heavy atom. The third-order valence-corrected chi connectivity index (χ3v) is 5.82.